The number of rotatable bonds is 6. The predicted octanol–water partition coefficient (Wildman–Crippen LogP) is 4.54. The predicted molar refractivity (Wildman–Crippen MR) is 143 cm³/mol. The highest BCUT2D eigenvalue weighted by molar-refractivity contribution is 6.04. The molecule has 4 aromatic rings. The van der Waals surface area contributed by atoms with Crippen molar-refractivity contribution in [3.05, 3.63) is 89.9 Å². The number of aromatic nitrogens is 3. The highest BCUT2D eigenvalue weighted by atomic mass is 19.4. The molecule has 11 heteroatoms. The maximum Gasteiger partial charge on any atom is 0.416 e. The fourth-order valence-electron chi connectivity index (χ4n) is 4.53. The molecule has 0 atom stereocenters. The van der Waals surface area contributed by atoms with E-state index in [0.717, 1.165) is 30.3 Å². The molecule has 3 N–H and O–H groups in total. The van der Waals surface area contributed by atoms with Gasteiger partial charge >= 0.3 is 6.18 Å². The van der Waals surface area contributed by atoms with E-state index in [1.54, 1.807) is 59.7 Å². The van der Waals surface area contributed by atoms with Gasteiger partial charge < -0.3 is 16.0 Å². The van der Waals surface area contributed by atoms with Crippen LogP contribution in [0.25, 0.3) is 16.8 Å². The van der Waals surface area contributed by atoms with Crippen molar-refractivity contribution in [2.24, 2.45) is 0 Å². The number of carbonyl (C=O) groups excluding carboxylic acids is 1. The van der Waals surface area contributed by atoms with E-state index in [4.69, 9.17) is 5.73 Å². The zero-order valence-electron chi connectivity index (χ0n) is 21.3. The molecular weight excluding hydrogens is 507 g/mol. The fraction of sp³-hybridized carbons (Fsp3) is 0.250. The molecule has 5 rings (SSSR count). The van der Waals surface area contributed by atoms with Crippen molar-refractivity contribution in [2.75, 3.05) is 44.3 Å². The van der Waals surface area contributed by atoms with Gasteiger partial charge in [0.1, 0.15) is 11.5 Å². The Kier molecular flexibility index (Phi) is 7.36. The first kappa shape index (κ1) is 26.4. The van der Waals surface area contributed by atoms with Crippen molar-refractivity contribution in [1.29, 1.82) is 0 Å². The van der Waals surface area contributed by atoms with Crippen LogP contribution in [-0.4, -0.2) is 63.7 Å². The highest BCUT2D eigenvalue weighted by Crippen LogP contribution is 2.35. The minimum Gasteiger partial charge on any atom is -0.382 e. The number of benzene rings is 2. The van der Waals surface area contributed by atoms with Gasteiger partial charge in [0.15, 0.2) is 0 Å². The lowest BCUT2D eigenvalue weighted by molar-refractivity contribution is -0.138. The maximum atomic E-state index is 13.9. The molecule has 2 aromatic carbocycles. The summed E-state index contributed by atoms with van der Waals surface area (Å²) in [6, 6.07) is 14.3. The standard InChI is InChI=1S/C28H28F3N7O/c1-36-11-13-37(14-12-36)17-21-8-9-23(15-24(21)28(29,30)31)35-27(39)20-6-4-19(5-7-20)22-16-34-38(18-22)25-3-2-10-33-26(25)32/h2-10,15-16,18H,11-14,17H2,1H3,(H2,32,33)(H,35,39). The van der Waals surface area contributed by atoms with Crippen molar-refractivity contribution >= 4 is 17.4 Å². The molecule has 202 valence electrons. The van der Waals surface area contributed by atoms with Crippen LogP contribution < -0.4 is 11.1 Å². The van der Waals surface area contributed by atoms with Crippen LogP contribution in [0.2, 0.25) is 0 Å². The molecule has 1 fully saturated rings. The number of nitrogens with two attached hydrogens (primary N) is 1. The maximum absolute atomic E-state index is 13.9. The Morgan fingerprint density at radius 1 is 1.03 bits per heavy atom. The summed E-state index contributed by atoms with van der Waals surface area (Å²) in [5, 5.41) is 6.93. The second kappa shape index (κ2) is 10.9. The molecule has 1 aliphatic rings. The third kappa shape index (κ3) is 6.10. The SMILES string of the molecule is CN1CCN(Cc2ccc(NC(=O)c3ccc(-c4cnn(-c5cccnc5N)c4)cc3)cc2C(F)(F)F)CC1. The number of amides is 1. The van der Waals surface area contributed by atoms with Crippen LogP contribution in [0.1, 0.15) is 21.5 Å². The number of nitrogens with zero attached hydrogens (tertiary/aromatic N) is 5. The Morgan fingerprint density at radius 3 is 2.46 bits per heavy atom. The zero-order chi connectivity index (χ0) is 27.6. The van der Waals surface area contributed by atoms with Gasteiger partial charge in [-0.1, -0.05) is 18.2 Å². The Bertz CT molecular complexity index is 1460. The van der Waals surface area contributed by atoms with Crippen molar-refractivity contribution < 1.29 is 18.0 Å². The number of piperazine rings is 1. The largest absolute Gasteiger partial charge is 0.416 e. The Morgan fingerprint density at radius 2 is 1.77 bits per heavy atom. The monoisotopic (exact) mass is 535 g/mol. The number of nitrogens with one attached hydrogen (secondary N) is 1. The van der Waals surface area contributed by atoms with E-state index in [1.165, 1.54) is 12.1 Å². The number of carbonyl (C=O) groups is 1. The van der Waals surface area contributed by atoms with Gasteiger partial charge in [0.05, 0.1) is 11.8 Å². The normalized spacial score (nSPS) is 14.9. The van der Waals surface area contributed by atoms with Crippen LogP contribution in [0.4, 0.5) is 24.7 Å². The van der Waals surface area contributed by atoms with Gasteiger partial charge in [-0.05, 0) is 54.6 Å². The third-order valence-corrected chi connectivity index (χ3v) is 6.79. The summed E-state index contributed by atoms with van der Waals surface area (Å²) in [6.07, 6.45) is 0.532. The Balaban J connectivity index is 1.29. The molecular formula is C28H28F3N7O. The average Bonchev–Trinajstić information content (AvgIpc) is 3.41. The number of hydrogen-bond donors (Lipinski definition) is 2. The summed E-state index contributed by atoms with van der Waals surface area (Å²) in [4.78, 5) is 21.1. The minimum atomic E-state index is -4.53. The quantitative estimate of drug-likeness (QED) is 0.377. The van der Waals surface area contributed by atoms with E-state index in [0.29, 0.717) is 30.2 Å². The summed E-state index contributed by atoms with van der Waals surface area (Å²) in [5.41, 5.74) is 8.05. The number of hydrogen-bond acceptors (Lipinski definition) is 6. The molecule has 8 nitrogen and oxygen atoms in total. The number of nitrogen functional groups attached to an aromatic ring is 1. The molecule has 1 aliphatic heterocycles. The van der Waals surface area contributed by atoms with Crippen LogP contribution in [0, 0.1) is 0 Å². The molecule has 0 unspecified atom stereocenters. The topological polar surface area (TPSA) is 92.3 Å². The van der Waals surface area contributed by atoms with E-state index in [9.17, 15) is 18.0 Å². The van der Waals surface area contributed by atoms with Crippen molar-refractivity contribution in [3.63, 3.8) is 0 Å². The lowest BCUT2D eigenvalue weighted by Gasteiger charge is -2.33. The average molecular weight is 536 g/mol. The summed E-state index contributed by atoms with van der Waals surface area (Å²) in [5.74, 6) is -0.152. The lowest BCUT2D eigenvalue weighted by atomic mass is 10.0. The van der Waals surface area contributed by atoms with E-state index in [2.05, 4.69) is 20.3 Å². The second-order valence-electron chi connectivity index (χ2n) is 9.56. The first-order valence-electron chi connectivity index (χ1n) is 12.5. The fourth-order valence-corrected chi connectivity index (χ4v) is 4.53. The summed E-state index contributed by atoms with van der Waals surface area (Å²) in [7, 11) is 2.00. The molecule has 39 heavy (non-hydrogen) atoms. The smallest absolute Gasteiger partial charge is 0.382 e. The van der Waals surface area contributed by atoms with Crippen LogP contribution >= 0.6 is 0 Å². The first-order chi connectivity index (χ1) is 18.7. The van der Waals surface area contributed by atoms with E-state index in [-0.39, 0.29) is 17.8 Å². The number of alkyl halides is 3. The lowest BCUT2D eigenvalue weighted by Crippen LogP contribution is -2.44. The number of pyridine rings is 1. The number of anilines is 2. The van der Waals surface area contributed by atoms with Crippen LogP contribution in [0.3, 0.4) is 0 Å². The summed E-state index contributed by atoms with van der Waals surface area (Å²) in [6.45, 7) is 3.26. The number of likely N-dealkylation sites (N-methyl/N-ethyl adjacent to an activating group) is 1. The second-order valence-corrected chi connectivity index (χ2v) is 9.56. The van der Waals surface area contributed by atoms with Crippen LogP contribution in [0.5, 0.6) is 0 Å². The Labute approximate surface area is 223 Å². The summed E-state index contributed by atoms with van der Waals surface area (Å²) >= 11 is 0. The molecule has 0 radical (unpaired) electrons. The molecule has 0 saturated carbocycles. The molecule has 3 heterocycles. The molecule has 0 bridgehead atoms. The highest BCUT2D eigenvalue weighted by Gasteiger charge is 2.34. The Hall–Kier alpha value is -4.22. The van der Waals surface area contributed by atoms with E-state index < -0.39 is 17.6 Å². The summed E-state index contributed by atoms with van der Waals surface area (Å²) < 4.78 is 43.3. The van der Waals surface area contributed by atoms with Gasteiger partial charge in [0, 0.05) is 61.9 Å². The molecule has 2 aromatic heterocycles. The minimum absolute atomic E-state index is 0.0915. The van der Waals surface area contributed by atoms with E-state index in [1.807, 2.05) is 11.9 Å². The van der Waals surface area contributed by atoms with Gasteiger partial charge in [-0.15, -0.1) is 0 Å². The van der Waals surface area contributed by atoms with Gasteiger partial charge in [-0.2, -0.15) is 18.3 Å². The van der Waals surface area contributed by atoms with Crippen molar-refractivity contribution in [1.82, 2.24) is 24.6 Å². The van der Waals surface area contributed by atoms with Gasteiger partial charge in [0.25, 0.3) is 5.91 Å². The molecule has 1 saturated heterocycles. The molecule has 0 aliphatic carbocycles. The van der Waals surface area contributed by atoms with E-state index >= 15 is 0 Å². The third-order valence-electron chi connectivity index (χ3n) is 6.79. The van der Waals surface area contributed by atoms with Gasteiger partial charge in [-0.3, -0.25) is 9.69 Å². The van der Waals surface area contributed by atoms with Crippen molar-refractivity contribution in [2.45, 2.75) is 12.7 Å². The van der Waals surface area contributed by atoms with Crippen LogP contribution in [0.15, 0.2) is 73.2 Å². The molecule has 0 spiro atoms. The molecule has 1 amide bonds. The van der Waals surface area contributed by atoms with Gasteiger partial charge in [-0.25, -0.2) is 9.67 Å². The van der Waals surface area contributed by atoms with Crippen molar-refractivity contribution in [3.8, 4) is 16.8 Å². The zero-order valence-corrected chi connectivity index (χ0v) is 21.3. The number of halogens is 3. The first-order valence-corrected chi connectivity index (χ1v) is 12.5. The van der Waals surface area contributed by atoms with Gasteiger partial charge in [0.2, 0.25) is 0 Å². The van der Waals surface area contributed by atoms with Crippen LogP contribution in [-0.2, 0) is 12.7 Å².